The smallest absolute Gasteiger partial charge is 0.185 e. The van der Waals surface area contributed by atoms with E-state index in [-0.39, 0.29) is 11.9 Å². The standard InChI is InChI=1S/C11H8F4N4/c1-16-7-3-17-4-8(18-7)19-11-9(14)5(12)2-6(13)10(11)15/h2-4H,1H3,(H2,16,18,19). The van der Waals surface area contributed by atoms with Gasteiger partial charge in [-0.1, -0.05) is 0 Å². The van der Waals surface area contributed by atoms with Crippen LogP contribution in [0.2, 0.25) is 0 Å². The van der Waals surface area contributed by atoms with Crippen LogP contribution < -0.4 is 10.6 Å². The topological polar surface area (TPSA) is 49.8 Å². The van der Waals surface area contributed by atoms with Crippen LogP contribution >= 0.6 is 0 Å². The van der Waals surface area contributed by atoms with Crippen molar-refractivity contribution < 1.29 is 17.6 Å². The molecule has 0 unspecified atom stereocenters. The molecule has 0 atom stereocenters. The number of nitrogens with zero attached hydrogens (tertiary/aromatic N) is 2. The van der Waals surface area contributed by atoms with Crippen LogP contribution in [0, 0.1) is 23.3 Å². The second kappa shape index (κ2) is 5.09. The van der Waals surface area contributed by atoms with Crippen molar-refractivity contribution in [3.05, 3.63) is 41.7 Å². The van der Waals surface area contributed by atoms with Crippen LogP contribution in [0.1, 0.15) is 0 Å². The molecule has 0 saturated heterocycles. The average Bonchev–Trinajstić information content (AvgIpc) is 2.41. The molecule has 0 radical (unpaired) electrons. The highest BCUT2D eigenvalue weighted by Gasteiger charge is 2.19. The Morgan fingerprint density at radius 3 is 2.11 bits per heavy atom. The Bertz CT molecular complexity index is 592. The molecule has 0 bridgehead atoms. The van der Waals surface area contributed by atoms with E-state index in [1.54, 1.807) is 7.05 Å². The minimum Gasteiger partial charge on any atom is -0.372 e. The maximum absolute atomic E-state index is 13.4. The van der Waals surface area contributed by atoms with Gasteiger partial charge in [-0.3, -0.25) is 4.98 Å². The van der Waals surface area contributed by atoms with Crippen LogP contribution in [-0.2, 0) is 0 Å². The third-order valence-corrected chi connectivity index (χ3v) is 2.26. The van der Waals surface area contributed by atoms with E-state index >= 15 is 0 Å². The van der Waals surface area contributed by atoms with E-state index in [0.29, 0.717) is 5.82 Å². The molecule has 1 aromatic heterocycles. The van der Waals surface area contributed by atoms with Gasteiger partial charge < -0.3 is 10.6 Å². The van der Waals surface area contributed by atoms with Crippen molar-refractivity contribution in [3.8, 4) is 0 Å². The molecule has 100 valence electrons. The van der Waals surface area contributed by atoms with Crippen molar-refractivity contribution >= 4 is 17.3 Å². The molecule has 1 heterocycles. The quantitative estimate of drug-likeness (QED) is 0.666. The highest BCUT2D eigenvalue weighted by atomic mass is 19.2. The lowest BCUT2D eigenvalue weighted by Gasteiger charge is -2.09. The molecule has 0 saturated carbocycles. The summed E-state index contributed by atoms with van der Waals surface area (Å²) in [6.07, 6.45) is 2.52. The zero-order chi connectivity index (χ0) is 14.0. The van der Waals surface area contributed by atoms with Crippen molar-refractivity contribution in [1.29, 1.82) is 0 Å². The number of hydrogen-bond donors (Lipinski definition) is 2. The number of rotatable bonds is 3. The molecule has 0 aliphatic carbocycles. The Labute approximate surface area is 105 Å². The van der Waals surface area contributed by atoms with E-state index in [9.17, 15) is 17.6 Å². The third-order valence-electron chi connectivity index (χ3n) is 2.26. The zero-order valence-electron chi connectivity index (χ0n) is 9.64. The van der Waals surface area contributed by atoms with Crippen LogP contribution in [-0.4, -0.2) is 17.0 Å². The van der Waals surface area contributed by atoms with Crippen LogP contribution in [0.5, 0.6) is 0 Å². The zero-order valence-corrected chi connectivity index (χ0v) is 9.64. The fourth-order valence-electron chi connectivity index (χ4n) is 1.36. The second-order valence-corrected chi connectivity index (χ2v) is 3.51. The first kappa shape index (κ1) is 13.1. The molecular formula is C11H8F4N4. The van der Waals surface area contributed by atoms with Crippen LogP contribution in [0.25, 0.3) is 0 Å². The first-order valence-electron chi connectivity index (χ1n) is 5.12. The lowest BCUT2D eigenvalue weighted by atomic mass is 10.2. The molecule has 4 nitrogen and oxygen atoms in total. The van der Waals surface area contributed by atoms with Gasteiger partial charge in [-0.05, 0) is 0 Å². The molecule has 0 fully saturated rings. The van der Waals surface area contributed by atoms with Crippen molar-refractivity contribution in [3.63, 3.8) is 0 Å². The molecule has 0 spiro atoms. The van der Waals surface area contributed by atoms with E-state index < -0.39 is 29.0 Å². The normalized spacial score (nSPS) is 10.4. The van der Waals surface area contributed by atoms with Gasteiger partial charge in [-0.15, -0.1) is 0 Å². The second-order valence-electron chi connectivity index (χ2n) is 3.51. The van der Waals surface area contributed by atoms with Gasteiger partial charge in [0.15, 0.2) is 29.1 Å². The molecule has 19 heavy (non-hydrogen) atoms. The lowest BCUT2D eigenvalue weighted by molar-refractivity contribution is 0.459. The first-order valence-corrected chi connectivity index (χ1v) is 5.12. The fourth-order valence-corrected chi connectivity index (χ4v) is 1.36. The monoisotopic (exact) mass is 272 g/mol. The Balaban J connectivity index is 2.43. The van der Waals surface area contributed by atoms with E-state index in [1.807, 2.05) is 0 Å². The molecule has 1 aromatic carbocycles. The number of nitrogens with one attached hydrogen (secondary N) is 2. The summed E-state index contributed by atoms with van der Waals surface area (Å²) in [6.45, 7) is 0. The summed E-state index contributed by atoms with van der Waals surface area (Å²) in [6, 6.07) is 0.131. The minimum absolute atomic E-state index is 0.0605. The molecule has 2 rings (SSSR count). The number of anilines is 3. The summed E-state index contributed by atoms with van der Waals surface area (Å²) in [7, 11) is 1.57. The highest BCUT2D eigenvalue weighted by molar-refractivity contribution is 5.58. The van der Waals surface area contributed by atoms with Crippen LogP contribution in [0.4, 0.5) is 34.9 Å². The maximum Gasteiger partial charge on any atom is 0.185 e. The maximum atomic E-state index is 13.4. The van der Waals surface area contributed by atoms with Gasteiger partial charge in [-0.2, -0.15) is 0 Å². The largest absolute Gasteiger partial charge is 0.372 e. The Kier molecular flexibility index (Phi) is 3.50. The number of aromatic nitrogens is 2. The summed E-state index contributed by atoms with van der Waals surface area (Å²) < 4.78 is 52.8. The van der Waals surface area contributed by atoms with Gasteiger partial charge in [0.2, 0.25) is 0 Å². The molecule has 2 aromatic rings. The molecular weight excluding hydrogens is 264 g/mol. The highest BCUT2D eigenvalue weighted by Crippen LogP contribution is 2.26. The van der Waals surface area contributed by atoms with Crippen LogP contribution in [0.3, 0.4) is 0 Å². The predicted octanol–water partition coefficient (Wildman–Crippen LogP) is 2.82. The lowest BCUT2D eigenvalue weighted by Crippen LogP contribution is -2.05. The van der Waals surface area contributed by atoms with Crippen LogP contribution in [0.15, 0.2) is 18.5 Å². The summed E-state index contributed by atoms with van der Waals surface area (Å²) in [5.41, 5.74) is -0.958. The summed E-state index contributed by atoms with van der Waals surface area (Å²) in [4.78, 5) is 7.60. The minimum atomic E-state index is -1.53. The molecule has 2 N–H and O–H groups in total. The van der Waals surface area contributed by atoms with Gasteiger partial charge in [0, 0.05) is 13.1 Å². The number of benzene rings is 1. The van der Waals surface area contributed by atoms with Gasteiger partial charge in [-0.25, -0.2) is 22.5 Å². The fraction of sp³-hybridized carbons (Fsp3) is 0.0909. The van der Waals surface area contributed by atoms with Gasteiger partial charge >= 0.3 is 0 Å². The van der Waals surface area contributed by atoms with E-state index in [0.717, 1.165) is 6.20 Å². The van der Waals surface area contributed by atoms with E-state index in [1.165, 1.54) is 6.20 Å². The first-order chi connectivity index (χ1) is 9.02. The van der Waals surface area contributed by atoms with Crippen molar-refractivity contribution in [2.45, 2.75) is 0 Å². The summed E-state index contributed by atoms with van der Waals surface area (Å²) in [5, 5.41) is 4.81. The molecule has 0 aliphatic rings. The molecule has 0 amide bonds. The molecule has 8 heteroatoms. The van der Waals surface area contributed by atoms with Gasteiger partial charge in [0.1, 0.15) is 11.5 Å². The summed E-state index contributed by atoms with van der Waals surface area (Å²) in [5.74, 6) is -5.80. The number of hydrogen-bond acceptors (Lipinski definition) is 4. The average molecular weight is 272 g/mol. The molecule has 0 aliphatic heterocycles. The SMILES string of the molecule is CNc1cncc(Nc2c(F)c(F)cc(F)c2F)n1. The van der Waals surface area contributed by atoms with Crippen molar-refractivity contribution in [2.24, 2.45) is 0 Å². The van der Waals surface area contributed by atoms with Crippen molar-refractivity contribution in [2.75, 3.05) is 17.7 Å². The van der Waals surface area contributed by atoms with Gasteiger partial charge in [0.25, 0.3) is 0 Å². The summed E-state index contributed by atoms with van der Waals surface area (Å²) >= 11 is 0. The van der Waals surface area contributed by atoms with Crippen molar-refractivity contribution in [1.82, 2.24) is 9.97 Å². The Morgan fingerprint density at radius 2 is 1.53 bits per heavy atom. The third kappa shape index (κ3) is 2.56. The van der Waals surface area contributed by atoms with E-state index in [2.05, 4.69) is 20.6 Å². The Morgan fingerprint density at radius 1 is 0.947 bits per heavy atom. The van der Waals surface area contributed by atoms with E-state index in [4.69, 9.17) is 0 Å². The predicted molar refractivity (Wildman–Crippen MR) is 61.1 cm³/mol. The Hall–Kier alpha value is -2.38. The number of halogens is 4. The van der Waals surface area contributed by atoms with Gasteiger partial charge in [0.05, 0.1) is 12.4 Å².